The first-order valence-corrected chi connectivity index (χ1v) is 6.20. The van der Waals surface area contributed by atoms with E-state index in [0.29, 0.717) is 5.92 Å². The summed E-state index contributed by atoms with van der Waals surface area (Å²) in [4.78, 5) is 2.58. The lowest BCUT2D eigenvalue weighted by atomic mass is 9.78. The van der Waals surface area contributed by atoms with Gasteiger partial charge in [0.25, 0.3) is 0 Å². The maximum Gasteiger partial charge on any atom is 0.0273 e. The van der Waals surface area contributed by atoms with Crippen LogP contribution in [0.25, 0.3) is 0 Å². The van der Waals surface area contributed by atoms with Gasteiger partial charge in [0, 0.05) is 12.3 Å². The van der Waals surface area contributed by atoms with Crippen LogP contribution in [-0.2, 0) is 0 Å². The highest BCUT2D eigenvalue weighted by Gasteiger charge is 2.28. The summed E-state index contributed by atoms with van der Waals surface area (Å²) in [7, 11) is 0. The molecule has 0 radical (unpaired) electrons. The zero-order chi connectivity index (χ0) is 11.3. The predicted molar refractivity (Wildman–Crippen MR) is 65.9 cm³/mol. The number of nitrogens with two attached hydrogens (primary N) is 1. The molecule has 3 atom stereocenters. The van der Waals surface area contributed by atoms with E-state index in [9.17, 15) is 0 Å². The Hall–Kier alpha value is -0.570. The normalized spacial score (nSPS) is 32.7. The van der Waals surface area contributed by atoms with E-state index < -0.39 is 0 Å². The van der Waals surface area contributed by atoms with Gasteiger partial charge in [0.05, 0.1) is 0 Å². The van der Waals surface area contributed by atoms with Crippen LogP contribution in [0.15, 0.2) is 5.10 Å². The SMILES string of the molecule is CCN(CC)C1CCC(C=NN)C(C)C1. The van der Waals surface area contributed by atoms with Crippen LogP contribution in [0.1, 0.15) is 40.0 Å². The topological polar surface area (TPSA) is 41.6 Å². The van der Waals surface area contributed by atoms with E-state index in [1.807, 2.05) is 6.21 Å². The summed E-state index contributed by atoms with van der Waals surface area (Å²) in [5.41, 5.74) is 0. The molecule has 0 aromatic carbocycles. The van der Waals surface area contributed by atoms with E-state index in [-0.39, 0.29) is 0 Å². The number of hydrazone groups is 1. The fourth-order valence-corrected chi connectivity index (χ4v) is 2.79. The molecule has 0 spiro atoms. The number of rotatable bonds is 4. The lowest BCUT2D eigenvalue weighted by molar-refractivity contribution is 0.133. The van der Waals surface area contributed by atoms with E-state index >= 15 is 0 Å². The van der Waals surface area contributed by atoms with Crippen molar-refractivity contribution in [3.05, 3.63) is 0 Å². The molecule has 1 aliphatic rings. The van der Waals surface area contributed by atoms with E-state index in [1.165, 1.54) is 32.4 Å². The third-order valence-electron chi connectivity index (χ3n) is 3.81. The molecule has 0 aromatic rings. The van der Waals surface area contributed by atoms with Crippen molar-refractivity contribution in [3.63, 3.8) is 0 Å². The maximum atomic E-state index is 5.23. The first-order valence-electron chi connectivity index (χ1n) is 6.20. The molecule has 2 N–H and O–H groups in total. The van der Waals surface area contributed by atoms with Crippen molar-refractivity contribution in [2.75, 3.05) is 13.1 Å². The van der Waals surface area contributed by atoms with Crippen LogP contribution >= 0.6 is 0 Å². The predicted octanol–water partition coefficient (Wildman–Crippen LogP) is 2.08. The minimum absolute atomic E-state index is 0.599. The van der Waals surface area contributed by atoms with Crippen molar-refractivity contribution in [1.29, 1.82) is 0 Å². The Bertz CT molecular complexity index is 199. The number of hydrogen-bond donors (Lipinski definition) is 1. The van der Waals surface area contributed by atoms with Crippen LogP contribution in [0, 0.1) is 11.8 Å². The molecular weight excluding hydrogens is 186 g/mol. The third-order valence-corrected chi connectivity index (χ3v) is 3.81. The van der Waals surface area contributed by atoms with Gasteiger partial charge in [0.2, 0.25) is 0 Å². The van der Waals surface area contributed by atoms with Crippen LogP contribution in [0.2, 0.25) is 0 Å². The molecule has 3 unspecified atom stereocenters. The second-order valence-corrected chi connectivity index (χ2v) is 4.63. The fourth-order valence-electron chi connectivity index (χ4n) is 2.79. The molecule has 0 amide bonds. The van der Waals surface area contributed by atoms with Crippen LogP contribution in [0.5, 0.6) is 0 Å². The van der Waals surface area contributed by atoms with Crippen molar-refractivity contribution in [2.45, 2.75) is 46.1 Å². The summed E-state index contributed by atoms with van der Waals surface area (Å²) >= 11 is 0. The van der Waals surface area contributed by atoms with Gasteiger partial charge in [0.1, 0.15) is 0 Å². The Labute approximate surface area is 93.7 Å². The van der Waals surface area contributed by atoms with Gasteiger partial charge in [-0.05, 0) is 44.2 Å². The summed E-state index contributed by atoms with van der Waals surface area (Å²) in [5, 5.41) is 3.68. The highest BCUT2D eigenvalue weighted by Crippen LogP contribution is 2.31. The molecule has 1 rings (SSSR count). The quantitative estimate of drug-likeness (QED) is 0.439. The molecule has 0 aromatic heterocycles. The third kappa shape index (κ3) is 3.20. The first kappa shape index (κ1) is 12.5. The van der Waals surface area contributed by atoms with Crippen LogP contribution < -0.4 is 5.84 Å². The van der Waals surface area contributed by atoms with Crippen molar-refractivity contribution in [2.24, 2.45) is 22.8 Å². The van der Waals surface area contributed by atoms with E-state index in [4.69, 9.17) is 5.84 Å². The molecule has 1 saturated carbocycles. The van der Waals surface area contributed by atoms with Gasteiger partial charge >= 0.3 is 0 Å². The van der Waals surface area contributed by atoms with Crippen molar-refractivity contribution in [1.82, 2.24) is 4.90 Å². The summed E-state index contributed by atoms with van der Waals surface area (Å²) in [6, 6.07) is 0.775. The molecule has 0 saturated heterocycles. The molecule has 0 aliphatic heterocycles. The second kappa shape index (κ2) is 6.11. The van der Waals surface area contributed by atoms with Crippen LogP contribution in [-0.4, -0.2) is 30.2 Å². The van der Waals surface area contributed by atoms with Gasteiger partial charge in [-0.15, -0.1) is 0 Å². The molecule has 0 bridgehead atoms. The lowest BCUT2D eigenvalue weighted by Crippen LogP contribution is -2.40. The van der Waals surface area contributed by atoms with Gasteiger partial charge in [-0.25, -0.2) is 0 Å². The van der Waals surface area contributed by atoms with Crippen molar-refractivity contribution >= 4 is 6.21 Å². The summed E-state index contributed by atoms with van der Waals surface area (Å²) in [5.74, 6) is 6.55. The molecule has 1 fully saturated rings. The zero-order valence-corrected chi connectivity index (χ0v) is 10.3. The maximum absolute atomic E-state index is 5.23. The van der Waals surface area contributed by atoms with Crippen molar-refractivity contribution < 1.29 is 0 Å². The van der Waals surface area contributed by atoms with Gasteiger partial charge in [-0.3, -0.25) is 0 Å². The smallest absolute Gasteiger partial charge is 0.0273 e. The molecule has 3 nitrogen and oxygen atoms in total. The van der Waals surface area contributed by atoms with E-state index in [2.05, 4.69) is 30.8 Å². The van der Waals surface area contributed by atoms with E-state index in [0.717, 1.165) is 12.0 Å². The largest absolute Gasteiger partial charge is 0.324 e. The Morgan fingerprint density at radius 3 is 2.47 bits per heavy atom. The number of nitrogens with zero attached hydrogens (tertiary/aromatic N) is 2. The van der Waals surface area contributed by atoms with Gasteiger partial charge in [-0.1, -0.05) is 20.8 Å². The molecule has 88 valence electrons. The average molecular weight is 211 g/mol. The highest BCUT2D eigenvalue weighted by atomic mass is 15.1. The summed E-state index contributed by atoms with van der Waals surface area (Å²) < 4.78 is 0. The van der Waals surface area contributed by atoms with Gasteiger partial charge in [0.15, 0.2) is 0 Å². The van der Waals surface area contributed by atoms with Crippen molar-refractivity contribution in [3.8, 4) is 0 Å². The van der Waals surface area contributed by atoms with Crippen LogP contribution in [0.4, 0.5) is 0 Å². The molecule has 3 heteroatoms. The lowest BCUT2D eigenvalue weighted by Gasteiger charge is -2.38. The monoisotopic (exact) mass is 211 g/mol. The number of hydrogen-bond acceptors (Lipinski definition) is 3. The molecular formula is C12H25N3. The molecule has 15 heavy (non-hydrogen) atoms. The second-order valence-electron chi connectivity index (χ2n) is 4.63. The Balaban J connectivity index is 2.49. The van der Waals surface area contributed by atoms with E-state index in [1.54, 1.807) is 0 Å². The summed E-state index contributed by atoms with van der Waals surface area (Å²) in [6.45, 7) is 9.16. The Morgan fingerprint density at radius 1 is 1.33 bits per heavy atom. The highest BCUT2D eigenvalue weighted by molar-refractivity contribution is 5.60. The molecule has 0 heterocycles. The first-order chi connectivity index (χ1) is 7.22. The zero-order valence-electron chi connectivity index (χ0n) is 10.3. The Morgan fingerprint density at radius 2 is 2.00 bits per heavy atom. The molecule has 1 aliphatic carbocycles. The van der Waals surface area contributed by atoms with Gasteiger partial charge < -0.3 is 10.7 Å². The average Bonchev–Trinajstić information content (AvgIpc) is 2.24. The fraction of sp³-hybridized carbons (Fsp3) is 0.917. The standard InChI is InChI=1S/C12H25N3/c1-4-15(5-2)12-7-6-11(9-14-13)10(3)8-12/h9-12H,4-8,13H2,1-3H3. The minimum Gasteiger partial charge on any atom is -0.324 e. The minimum atomic E-state index is 0.599. The Kier molecular flexibility index (Phi) is 5.09. The summed E-state index contributed by atoms with van der Waals surface area (Å²) in [6.07, 6.45) is 5.76. The van der Waals surface area contributed by atoms with Crippen LogP contribution in [0.3, 0.4) is 0 Å². The van der Waals surface area contributed by atoms with Gasteiger partial charge in [-0.2, -0.15) is 5.10 Å².